The quantitative estimate of drug-likeness (QED) is 0.873. The molecule has 2 rings (SSSR count). The molecule has 1 saturated heterocycles. The Balaban J connectivity index is 2.12. The molecule has 2 unspecified atom stereocenters. The van der Waals surface area contributed by atoms with Gasteiger partial charge in [0.25, 0.3) is 0 Å². The molecule has 1 aliphatic rings. The summed E-state index contributed by atoms with van der Waals surface area (Å²) in [4.78, 5) is 1.48. The zero-order valence-electron chi connectivity index (χ0n) is 10.2. The van der Waals surface area contributed by atoms with Crippen LogP contribution >= 0.6 is 23.1 Å². The van der Waals surface area contributed by atoms with Gasteiger partial charge in [-0.1, -0.05) is 13.3 Å². The highest BCUT2D eigenvalue weighted by atomic mass is 32.2. The Morgan fingerprint density at radius 3 is 2.94 bits per heavy atom. The van der Waals surface area contributed by atoms with E-state index in [-0.39, 0.29) is 0 Å². The summed E-state index contributed by atoms with van der Waals surface area (Å²) in [6.45, 7) is 5.52. The molecule has 1 nitrogen and oxygen atoms in total. The minimum atomic E-state index is 0.571. The van der Waals surface area contributed by atoms with Gasteiger partial charge in [-0.05, 0) is 49.1 Å². The van der Waals surface area contributed by atoms with Gasteiger partial charge in [-0.15, -0.1) is 11.3 Å². The van der Waals surface area contributed by atoms with E-state index in [1.54, 1.807) is 0 Å². The number of rotatable bonds is 4. The number of hydrogen-bond acceptors (Lipinski definition) is 3. The highest BCUT2D eigenvalue weighted by Gasteiger charge is 2.26. The van der Waals surface area contributed by atoms with Crippen LogP contribution in [0, 0.1) is 6.92 Å². The molecule has 2 heterocycles. The van der Waals surface area contributed by atoms with E-state index in [1.807, 2.05) is 11.3 Å². The molecule has 1 aliphatic heterocycles. The van der Waals surface area contributed by atoms with Gasteiger partial charge in [0.2, 0.25) is 0 Å². The Hall–Kier alpha value is 0.01000. The second-order valence-electron chi connectivity index (χ2n) is 4.37. The molecule has 1 aromatic rings. The molecule has 1 N–H and O–H groups in total. The fourth-order valence-electron chi connectivity index (χ4n) is 2.41. The maximum atomic E-state index is 3.68. The van der Waals surface area contributed by atoms with Crippen molar-refractivity contribution in [3.05, 3.63) is 21.9 Å². The number of hydrogen-bond donors (Lipinski definition) is 1. The molecular weight excluding hydrogens is 234 g/mol. The van der Waals surface area contributed by atoms with Gasteiger partial charge in [-0.25, -0.2) is 0 Å². The van der Waals surface area contributed by atoms with E-state index in [4.69, 9.17) is 0 Å². The summed E-state index contributed by atoms with van der Waals surface area (Å²) < 4.78 is 0. The maximum absolute atomic E-state index is 3.68. The van der Waals surface area contributed by atoms with Gasteiger partial charge >= 0.3 is 0 Å². The maximum Gasteiger partial charge on any atom is 0.0451 e. The molecule has 90 valence electrons. The van der Waals surface area contributed by atoms with Crippen LogP contribution in [0.15, 0.2) is 11.4 Å². The van der Waals surface area contributed by atoms with Crippen LogP contribution in [0.4, 0.5) is 0 Å². The Bertz CT molecular complexity index is 315. The van der Waals surface area contributed by atoms with Gasteiger partial charge in [-0.2, -0.15) is 11.8 Å². The molecule has 0 spiro atoms. The summed E-state index contributed by atoms with van der Waals surface area (Å²) in [7, 11) is 0. The zero-order chi connectivity index (χ0) is 11.4. The SMILES string of the molecule is CCNC(c1ccsc1C)C1CCCCS1. The second kappa shape index (κ2) is 6.08. The third kappa shape index (κ3) is 2.82. The topological polar surface area (TPSA) is 12.0 Å². The van der Waals surface area contributed by atoms with E-state index in [9.17, 15) is 0 Å². The van der Waals surface area contributed by atoms with E-state index in [1.165, 1.54) is 35.5 Å². The molecule has 0 radical (unpaired) electrons. The standard InChI is InChI=1S/C13H21NS2/c1-3-14-13(11-7-9-15-10(11)2)12-6-4-5-8-16-12/h7,9,12-14H,3-6,8H2,1-2H3. The Labute approximate surface area is 107 Å². The van der Waals surface area contributed by atoms with E-state index < -0.39 is 0 Å². The molecule has 0 aromatic carbocycles. The molecular formula is C13H21NS2. The number of aryl methyl sites for hydroxylation is 1. The summed E-state index contributed by atoms with van der Waals surface area (Å²) in [5.41, 5.74) is 1.53. The highest BCUT2D eigenvalue weighted by molar-refractivity contribution is 8.00. The lowest BCUT2D eigenvalue weighted by molar-refractivity contribution is 0.491. The predicted octanol–water partition coefficient (Wildman–Crippen LogP) is 3.99. The lowest BCUT2D eigenvalue weighted by Gasteiger charge is -2.30. The van der Waals surface area contributed by atoms with Crippen molar-refractivity contribution in [2.45, 2.75) is 44.4 Å². The molecule has 0 saturated carbocycles. The molecule has 0 amide bonds. The fourth-order valence-corrected chi connectivity index (χ4v) is 4.60. The summed E-state index contributed by atoms with van der Waals surface area (Å²) >= 11 is 4.03. The van der Waals surface area contributed by atoms with Crippen LogP contribution in [0.3, 0.4) is 0 Å². The van der Waals surface area contributed by atoms with E-state index in [2.05, 4.69) is 42.4 Å². The van der Waals surface area contributed by atoms with Crippen LogP contribution in [0.2, 0.25) is 0 Å². The molecule has 1 aromatic heterocycles. The van der Waals surface area contributed by atoms with Crippen molar-refractivity contribution < 1.29 is 0 Å². The monoisotopic (exact) mass is 255 g/mol. The fraction of sp³-hybridized carbons (Fsp3) is 0.692. The first-order valence-electron chi connectivity index (χ1n) is 6.22. The van der Waals surface area contributed by atoms with Gasteiger partial charge in [0, 0.05) is 16.2 Å². The van der Waals surface area contributed by atoms with Crippen LogP contribution < -0.4 is 5.32 Å². The number of thiophene rings is 1. The van der Waals surface area contributed by atoms with Gasteiger partial charge in [0.1, 0.15) is 0 Å². The normalized spacial score (nSPS) is 23.2. The lowest BCUT2D eigenvalue weighted by Crippen LogP contribution is -2.31. The molecule has 16 heavy (non-hydrogen) atoms. The minimum absolute atomic E-state index is 0.571. The van der Waals surface area contributed by atoms with Gasteiger partial charge in [0.15, 0.2) is 0 Å². The number of nitrogens with one attached hydrogen (secondary N) is 1. The first-order chi connectivity index (χ1) is 7.83. The average Bonchev–Trinajstić information content (AvgIpc) is 2.73. The van der Waals surface area contributed by atoms with Gasteiger partial charge in [-0.3, -0.25) is 0 Å². The first-order valence-corrected chi connectivity index (χ1v) is 8.14. The predicted molar refractivity (Wildman–Crippen MR) is 75.6 cm³/mol. The van der Waals surface area contributed by atoms with Crippen molar-refractivity contribution in [1.82, 2.24) is 5.32 Å². The number of thioether (sulfide) groups is 1. The second-order valence-corrected chi connectivity index (χ2v) is 6.84. The van der Waals surface area contributed by atoms with Crippen LogP contribution in [0.1, 0.15) is 42.7 Å². The van der Waals surface area contributed by atoms with Crippen molar-refractivity contribution in [3.63, 3.8) is 0 Å². The summed E-state index contributed by atoms with van der Waals surface area (Å²) in [6, 6.07) is 2.88. The van der Waals surface area contributed by atoms with Crippen LogP contribution in [-0.2, 0) is 0 Å². The Morgan fingerprint density at radius 2 is 2.38 bits per heavy atom. The van der Waals surface area contributed by atoms with Crippen molar-refractivity contribution in [1.29, 1.82) is 0 Å². The molecule has 0 aliphatic carbocycles. The molecule has 2 atom stereocenters. The van der Waals surface area contributed by atoms with E-state index in [0.717, 1.165) is 11.8 Å². The highest BCUT2D eigenvalue weighted by Crippen LogP contribution is 2.36. The smallest absolute Gasteiger partial charge is 0.0451 e. The van der Waals surface area contributed by atoms with Gasteiger partial charge in [0.05, 0.1) is 0 Å². The van der Waals surface area contributed by atoms with Crippen LogP contribution in [0.25, 0.3) is 0 Å². The summed E-state index contributed by atoms with van der Waals surface area (Å²) in [5, 5.41) is 6.69. The van der Waals surface area contributed by atoms with E-state index in [0.29, 0.717) is 6.04 Å². The van der Waals surface area contributed by atoms with Crippen molar-refractivity contribution in [3.8, 4) is 0 Å². The van der Waals surface area contributed by atoms with Gasteiger partial charge < -0.3 is 5.32 Å². The zero-order valence-corrected chi connectivity index (χ0v) is 11.8. The minimum Gasteiger partial charge on any atom is -0.309 e. The third-order valence-corrected chi connectivity index (χ3v) is 5.57. The summed E-state index contributed by atoms with van der Waals surface area (Å²) in [5.74, 6) is 1.34. The Morgan fingerprint density at radius 1 is 1.50 bits per heavy atom. The summed E-state index contributed by atoms with van der Waals surface area (Å²) in [6.07, 6.45) is 4.18. The van der Waals surface area contributed by atoms with Crippen LogP contribution in [-0.4, -0.2) is 17.5 Å². The first kappa shape index (κ1) is 12.5. The third-order valence-electron chi connectivity index (χ3n) is 3.24. The Kier molecular flexibility index (Phi) is 4.74. The lowest BCUT2D eigenvalue weighted by atomic mass is 10.00. The van der Waals surface area contributed by atoms with Crippen molar-refractivity contribution in [2.24, 2.45) is 0 Å². The molecule has 0 bridgehead atoms. The molecule has 3 heteroatoms. The average molecular weight is 255 g/mol. The molecule has 1 fully saturated rings. The van der Waals surface area contributed by atoms with Crippen molar-refractivity contribution >= 4 is 23.1 Å². The largest absolute Gasteiger partial charge is 0.309 e. The van der Waals surface area contributed by atoms with Crippen LogP contribution in [0.5, 0.6) is 0 Å². The van der Waals surface area contributed by atoms with E-state index >= 15 is 0 Å². The van der Waals surface area contributed by atoms with Crippen molar-refractivity contribution in [2.75, 3.05) is 12.3 Å².